The number of isocyanates is 1. The molecule has 2 rings (SSSR count). The fourth-order valence-electron chi connectivity index (χ4n) is 1.97. The molecule has 84 valence electrons. The maximum Gasteiger partial charge on any atom is 0.235 e. The maximum atomic E-state index is 12.9. The minimum Gasteiger partial charge on any atom is -0.504 e. The van der Waals surface area contributed by atoms with Crippen molar-refractivity contribution in [3.63, 3.8) is 0 Å². The minimum atomic E-state index is -0.897. The van der Waals surface area contributed by atoms with E-state index in [-0.39, 0.29) is 5.56 Å². The van der Waals surface area contributed by atoms with Crippen molar-refractivity contribution in [2.45, 2.75) is 24.8 Å². The Hall–Kier alpha value is -1.87. The number of phenolic OH excluding ortho intramolecular Hbond substituents is 2. The highest BCUT2D eigenvalue weighted by Crippen LogP contribution is 2.50. The molecule has 0 aliphatic heterocycles. The Balaban J connectivity index is 2.55. The summed E-state index contributed by atoms with van der Waals surface area (Å²) in [5, 5.41) is 18.9. The molecule has 1 saturated carbocycles. The average molecular weight is 223 g/mol. The Bertz CT molecular complexity index is 476. The molecule has 1 aliphatic carbocycles. The lowest BCUT2D eigenvalue weighted by atomic mass is 9.72. The van der Waals surface area contributed by atoms with Crippen molar-refractivity contribution in [1.82, 2.24) is 0 Å². The number of carbonyl (C=O) groups excluding carboxylic acids is 1. The van der Waals surface area contributed by atoms with Gasteiger partial charge in [0.2, 0.25) is 6.08 Å². The number of phenols is 2. The van der Waals surface area contributed by atoms with Gasteiger partial charge in [0, 0.05) is 5.56 Å². The molecular weight excluding hydrogens is 213 g/mol. The van der Waals surface area contributed by atoms with Crippen LogP contribution in [0.4, 0.5) is 4.39 Å². The molecule has 1 aliphatic rings. The molecule has 4 nitrogen and oxygen atoms in total. The van der Waals surface area contributed by atoms with Gasteiger partial charge in [0.15, 0.2) is 17.3 Å². The van der Waals surface area contributed by atoms with Crippen molar-refractivity contribution < 1.29 is 19.4 Å². The number of hydrogen-bond acceptors (Lipinski definition) is 4. The predicted octanol–water partition coefficient (Wildman–Crippen LogP) is 1.95. The van der Waals surface area contributed by atoms with E-state index in [1.54, 1.807) is 0 Å². The topological polar surface area (TPSA) is 69.9 Å². The molecule has 0 unspecified atom stereocenters. The first-order valence-corrected chi connectivity index (χ1v) is 4.91. The number of rotatable bonds is 2. The number of aromatic hydroxyl groups is 2. The average Bonchev–Trinajstić information content (AvgIpc) is 2.21. The third-order valence-electron chi connectivity index (χ3n) is 3.04. The molecule has 0 bridgehead atoms. The van der Waals surface area contributed by atoms with Gasteiger partial charge in [0.1, 0.15) is 5.54 Å². The van der Waals surface area contributed by atoms with Gasteiger partial charge in [-0.1, -0.05) is 0 Å². The molecule has 0 saturated heterocycles. The Morgan fingerprint density at radius 2 is 2.00 bits per heavy atom. The standard InChI is InChI=1S/C11H10FNO3/c12-8-3-2-7(9(15)10(8)16)11(13-6-14)4-1-5-11/h2-3,15-16H,1,4-5H2. The second kappa shape index (κ2) is 3.61. The fourth-order valence-corrected chi connectivity index (χ4v) is 1.97. The van der Waals surface area contributed by atoms with Crippen LogP contribution in [0.2, 0.25) is 0 Å². The Morgan fingerprint density at radius 3 is 2.50 bits per heavy atom. The molecule has 1 aromatic rings. The van der Waals surface area contributed by atoms with E-state index in [2.05, 4.69) is 4.99 Å². The van der Waals surface area contributed by atoms with Crippen molar-refractivity contribution in [3.05, 3.63) is 23.5 Å². The fraction of sp³-hybridized carbons (Fsp3) is 0.364. The number of benzene rings is 1. The lowest BCUT2D eigenvalue weighted by molar-refractivity contribution is 0.244. The Morgan fingerprint density at radius 1 is 1.31 bits per heavy atom. The van der Waals surface area contributed by atoms with Crippen LogP contribution < -0.4 is 0 Å². The molecule has 0 spiro atoms. The van der Waals surface area contributed by atoms with Crippen LogP contribution in [0, 0.1) is 5.82 Å². The number of hydrogen-bond donors (Lipinski definition) is 2. The maximum absolute atomic E-state index is 12.9. The highest BCUT2D eigenvalue weighted by Gasteiger charge is 2.41. The number of nitrogens with zero attached hydrogens (tertiary/aromatic N) is 1. The molecule has 0 amide bonds. The van der Waals surface area contributed by atoms with Gasteiger partial charge in [0.25, 0.3) is 0 Å². The molecule has 0 radical (unpaired) electrons. The summed E-state index contributed by atoms with van der Waals surface area (Å²) in [5.74, 6) is -2.24. The molecule has 2 N–H and O–H groups in total. The zero-order chi connectivity index (χ0) is 11.8. The lowest BCUT2D eigenvalue weighted by Gasteiger charge is -2.37. The largest absolute Gasteiger partial charge is 0.504 e. The van der Waals surface area contributed by atoms with E-state index in [1.165, 1.54) is 12.1 Å². The van der Waals surface area contributed by atoms with Gasteiger partial charge in [-0.2, -0.15) is 4.99 Å². The SMILES string of the molecule is O=C=NC1(c2ccc(F)c(O)c2O)CCC1. The van der Waals surface area contributed by atoms with Crippen LogP contribution in [-0.2, 0) is 10.3 Å². The van der Waals surface area contributed by atoms with Gasteiger partial charge in [-0.05, 0) is 31.4 Å². The van der Waals surface area contributed by atoms with Crippen molar-refractivity contribution in [3.8, 4) is 11.5 Å². The third-order valence-corrected chi connectivity index (χ3v) is 3.04. The smallest absolute Gasteiger partial charge is 0.235 e. The van der Waals surface area contributed by atoms with Crippen molar-refractivity contribution >= 4 is 6.08 Å². The predicted molar refractivity (Wildman–Crippen MR) is 53.4 cm³/mol. The summed E-state index contributed by atoms with van der Waals surface area (Å²) in [5.41, 5.74) is -0.558. The second-order valence-electron chi connectivity index (χ2n) is 3.88. The highest BCUT2D eigenvalue weighted by atomic mass is 19.1. The van der Waals surface area contributed by atoms with E-state index in [4.69, 9.17) is 0 Å². The molecule has 1 fully saturated rings. The first-order chi connectivity index (χ1) is 7.60. The Labute approximate surface area is 91.1 Å². The first-order valence-electron chi connectivity index (χ1n) is 4.91. The molecule has 5 heteroatoms. The monoisotopic (exact) mass is 223 g/mol. The van der Waals surface area contributed by atoms with Crippen LogP contribution in [0.1, 0.15) is 24.8 Å². The lowest BCUT2D eigenvalue weighted by Crippen LogP contribution is -2.32. The van der Waals surface area contributed by atoms with E-state index in [9.17, 15) is 19.4 Å². The zero-order valence-electron chi connectivity index (χ0n) is 8.40. The van der Waals surface area contributed by atoms with Crippen molar-refractivity contribution in [2.75, 3.05) is 0 Å². The molecule has 1 aromatic carbocycles. The number of halogens is 1. The summed E-state index contributed by atoms with van der Waals surface area (Å²) in [6.07, 6.45) is 3.49. The van der Waals surface area contributed by atoms with Gasteiger partial charge >= 0.3 is 0 Å². The summed E-state index contributed by atoms with van der Waals surface area (Å²) < 4.78 is 12.9. The molecule has 0 aromatic heterocycles. The van der Waals surface area contributed by atoms with Crippen molar-refractivity contribution in [1.29, 1.82) is 0 Å². The van der Waals surface area contributed by atoms with Crippen LogP contribution in [0.15, 0.2) is 17.1 Å². The highest BCUT2D eigenvalue weighted by molar-refractivity contribution is 5.51. The molecule has 0 heterocycles. The summed E-state index contributed by atoms with van der Waals surface area (Å²) in [4.78, 5) is 14.0. The molecular formula is C11H10FNO3. The zero-order valence-corrected chi connectivity index (χ0v) is 8.40. The van der Waals surface area contributed by atoms with Crippen molar-refractivity contribution in [2.24, 2.45) is 4.99 Å². The van der Waals surface area contributed by atoms with E-state index in [0.717, 1.165) is 12.5 Å². The van der Waals surface area contributed by atoms with Crippen LogP contribution >= 0.6 is 0 Å². The summed E-state index contributed by atoms with van der Waals surface area (Å²) in [7, 11) is 0. The quantitative estimate of drug-likeness (QED) is 0.457. The van der Waals surface area contributed by atoms with Crippen LogP contribution in [0.25, 0.3) is 0 Å². The van der Waals surface area contributed by atoms with E-state index in [1.807, 2.05) is 0 Å². The van der Waals surface area contributed by atoms with Gasteiger partial charge in [0.05, 0.1) is 0 Å². The van der Waals surface area contributed by atoms with Gasteiger partial charge in [-0.15, -0.1) is 0 Å². The van der Waals surface area contributed by atoms with Crippen LogP contribution in [-0.4, -0.2) is 16.3 Å². The first kappa shape index (κ1) is 10.6. The van der Waals surface area contributed by atoms with E-state index in [0.29, 0.717) is 12.8 Å². The summed E-state index contributed by atoms with van der Waals surface area (Å²) in [6.45, 7) is 0. The second-order valence-corrected chi connectivity index (χ2v) is 3.88. The third kappa shape index (κ3) is 1.37. The van der Waals surface area contributed by atoms with E-state index < -0.39 is 22.9 Å². The van der Waals surface area contributed by atoms with Crippen LogP contribution in [0.3, 0.4) is 0 Å². The summed E-state index contributed by atoms with van der Waals surface area (Å²) >= 11 is 0. The number of aliphatic imine (C=N–C) groups is 1. The Kier molecular flexibility index (Phi) is 2.40. The van der Waals surface area contributed by atoms with E-state index >= 15 is 0 Å². The molecule has 16 heavy (non-hydrogen) atoms. The van der Waals surface area contributed by atoms with Crippen LogP contribution in [0.5, 0.6) is 11.5 Å². The van der Waals surface area contributed by atoms with Gasteiger partial charge < -0.3 is 10.2 Å². The normalized spacial score (nSPS) is 17.3. The van der Waals surface area contributed by atoms with Gasteiger partial charge in [-0.25, -0.2) is 9.18 Å². The summed E-state index contributed by atoms with van der Waals surface area (Å²) in [6, 6.07) is 2.38. The minimum absolute atomic E-state index is 0.279. The van der Waals surface area contributed by atoms with Gasteiger partial charge in [-0.3, -0.25) is 0 Å². The molecule has 0 atom stereocenters.